The molecule has 3 heterocycles. The Kier molecular flexibility index (Phi) is 17.6. The van der Waals surface area contributed by atoms with Gasteiger partial charge in [-0.3, -0.25) is 28.8 Å². The number of hydrogen-bond acceptors (Lipinski definition) is 22. The van der Waals surface area contributed by atoms with Crippen LogP contribution in [0.15, 0.2) is 0 Å². The molecule has 314 valence electrons. The maximum atomic E-state index is 12.1. The number of hydrogen-bond donors (Lipinski definition) is 2. The molecule has 15 atom stereocenters. The predicted octanol–water partition coefficient (Wildman–Crippen LogP) is -2.19. The van der Waals surface area contributed by atoms with Gasteiger partial charge in [-0.2, -0.15) is 0 Å². The highest BCUT2D eigenvalue weighted by atomic mass is 16.8. The van der Waals surface area contributed by atoms with Gasteiger partial charge < -0.3 is 76.5 Å². The molecule has 3 fully saturated rings. The summed E-state index contributed by atoms with van der Waals surface area (Å²) in [5, 5.41) is 22.4. The minimum absolute atomic E-state index is 0.389. The van der Waals surface area contributed by atoms with E-state index in [1.54, 1.807) is 0 Å². The van der Waals surface area contributed by atoms with Crippen molar-refractivity contribution >= 4 is 35.8 Å². The van der Waals surface area contributed by atoms with Crippen molar-refractivity contribution in [2.45, 2.75) is 134 Å². The molecule has 0 bridgehead atoms. The molecule has 3 rings (SSSR count). The lowest BCUT2D eigenvalue weighted by molar-refractivity contribution is -0.326. The molecule has 0 aliphatic carbocycles. The summed E-state index contributed by atoms with van der Waals surface area (Å²) in [6.07, 6.45) is -20.7. The molecule has 0 radical (unpaired) electrons. The van der Waals surface area contributed by atoms with E-state index in [1.807, 2.05) is 0 Å². The van der Waals surface area contributed by atoms with Crippen LogP contribution in [-0.2, 0) is 95.1 Å². The summed E-state index contributed by atoms with van der Waals surface area (Å²) < 4.78 is 77.4. The number of carbonyl (C=O) groups excluding carboxylic acids is 6. The van der Waals surface area contributed by atoms with Crippen LogP contribution in [0, 0.1) is 0 Å². The second-order valence-corrected chi connectivity index (χ2v) is 12.6. The second kappa shape index (κ2) is 21.1. The first kappa shape index (κ1) is 45.8. The van der Waals surface area contributed by atoms with Crippen molar-refractivity contribution in [1.29, 1.82) is 0 Å². The van der Waals surface area contributed by atoms with Gasteiger partial charge in [0, 0.05) is 62.9 Å². The molecular weight excluding hydrogens is 748 g/mol. The van der Waals surface area contributed by atoms with Crippen LogP contribution in [0.25, 0.3) is 0 Å². The zero-order valence-corrected chi connectivity index (χ0v) is 31.8. The van der Waals surface area contributed by atoms with Crippen LogP contribution in [0.4, 0.5) is 0 Å². The number of carbonyl (C=O) groups is 6. The number of aliphatic hydroxyl groups is 2. The number of aliphatic hydroxyl groups excluding tert-OH is 2. The van der Waals surface area contributed by atoms with Crippen molar-refractivity contribution in [2.75, 3.05) is 41.2 Å². The first-order valence-electron chi connectivity index (χ1n) is 17.1. The standard InChI is InChI=1S/C33H50O22/c1-13(34)47-24-20(54-32(43-8)29(51-17(5)38)27(24)49-15(3)36)11-45-10-19-22(40)26(23(41)31(42-7)53-19)46-12-21-25(48-14(2)35)28(50-16(4)37)30(52-18(6)39)33(44-9)55-21/h19-33,40-41H,10-12H2,1-9H3/t19-,20-,21-,22-,23+,24-,25-,26+,27+,28+,29-,30-,31+,32-,33-/m1/s1. The Morgan fingerprint density at radius 1 is 0.418 bits per heavy atom. The summed E-state index contributed by atoms with van der Waals surface area (Å²) >= 11 is 0. The van der Waals surface area contributed by atoms with Crippen molar-refractivity contribution in [3.8, 4) is 0 Å². The Labute approximate surface area is 316 Å². The summed E-state index contributed by atoms with van der Waals surface area (Å²) in [4.78, 5) is 72.1. The fraction of sp³-hybridized carbons (Fsp3) is 0.818. The average Bonchev–Trinajstić information content (AvgIpc) is 3.08. The van der Waals surface area contributed by atoms with Gasteiger partial charge in [0.15, 0.2) is 55.5 Å². The van der Waals surface area contributed by atoms with Gasteiger partial charge in [-0.1, -0.05) is 0 Å². The van der Waals surface area contributed by atoms with E-state index in [-0.39, 0.29) is 6.61 Å². The molecule has 0 aromatic rings. The second-order valence-electron chi connectivity index (χ2n) is 12.6. The largest absolute Gasteiger partial charge is 0.456 e. The molecule has 3 saturated heterocycles. The number of ether oxygens (including phenoxy) is 14. The van der Waals surface area contributed by atoms with Gasteiger partial charge in [0.05, 0.1) is 19.8 Å². The lowest BCUT2D eigenvalue weighted by Crippen LogP contribution is -2.64. The zero-order chi connectivity index (χ0) is 41.1. The average molecular weight is 799 g/mol. The Hall–Kier alpha value is -3.58. The highest BCUT2D eigenvalue weighted by Crippen LogP contribution is 2.33. The van der Waals surface area contributed by atoms with Gasteiger partial charge in [0.2, 0.25) is 0 Å². The van der Waals surface area contributed by atoms with Gasteiger partial charge in [-0.25, -0.2) is 0 Å². The van der Waals surface area contributed by atoms with Crippen LogP contribution in [0.2, 0.25) is 0 Å². The molecule has 22 nitrogen and oxygen atoms in total. The Morgan fingerprint density at radius 3 is 1.13 bits per heavy atom. The summed E-state index contributed by atoms with van der Waals surface area (Å²) in [6.45, 7) is 5.27. The van der Waals surface area contributed by atoms with E-state index < -0.39 is 141 Å². The third-order valence-electron chi connectivity index (χ3n) is 8.35. The normalized spacial score (nSPS) is 36.2. The summed E-state index contributed by atoms with van der Waals surface area (Å²) in [5.74, 6) is -4.73. The van der Waals surface area contributed by atoms with E-state index >= 15 is 0 Å². The Balaban J connectivity index is 1.81. The first-order valence-corrected chi connectivity index (χ1v) is 17.1. The maximum absolute atomic E-state index is 12.1. The van der Waals surface area contributed by atoms with E-state index in [0.717, 1.165) is 41.5 Å². The molecule has 3 aliphatic rings. The third kappa shape index (κ3) is 12.5. The van der Waals surface area contributed by atoms with E-state index in [9.17, 15) is 39.0 Å². The van der Waals surface area contributed by atoms with Gasteiger partial charge in [-0.05, 0) is 0 Å². The number of esters is 6. The zero-order valence-electron chi connectivity index (χ0n) is 31.8. The van der Waals surface area contributed by atoms with Crippen LogP contribution in [0.5, 0.6) is 0 Å². The molecule has 3 aliphatic heterocycles. The molecule has 0 aromatic heterocycles. The summed E-state index contributed by atoms with van der Waals surface area (Å²) in [6, 6.07) is 0. The monoisotopic (exact) mass is 798 g/mol. The van der Waals surface area contributed by atoms with Crippen LogP contribution in [-0.4, -0.2) is 179 Å². The van der Waals surface area contributed by atoms with E-state index in [2.05, 4.69) is 0 Å². The fourth-order valence-electron chi connectivity index (χ4n) is 6.30. The molecule has 0 saturated carbocycles. The van der Waals surface area contributed by atoms with Crippen molar-refractivity contribution in [3.05, 3.63) is 0 Å². The molecule has 0 unspecified atom stereocenters. The number of methoxy groups -OCH3 is 3. The van der Waals surface area contributed by atoms with Crippen molar-refractivity contribution in [2.24, 2.45) is 0 Å². The lowest BCUT2D eigenvalue weighted by atomic mass is 9.96. The minimum atomic E-state index is -1.63. The molecule has 22 heteroatoms. The van der Waals surface area contributed by atoms with Crippen LogP contribution in [0.1, 0.15) is 41.5 Å². The molecular formula is C33H50O22. The fourth-order valence-corrected chi connectivity index (χ4v) is 6.30. The summed E-state index contributed by atoms with van der Waals surface area (Å²) in [5.41, 5.74) is 0. The topological polar surface area (TPSA) is 272 Å². The van der Waals surface area contributed by atoms with E-state index in [0.29, 0.717) is 0 Å². The molecule has 55 heavy (non-hydrogen) atoms. The minimum Gasteiger partial charge on any atom is -0.456 e. The summed E-state index contributed by atoms with van der Waals surface area (Å²) in [7, 11) is 3.70. The smallest absolute Gasteiger partial charge is 0.303 e. The van der Waals surface area contributed by atoms with Crippen molar-refractivity contribution < 1.29 is 105 Å². The van der Waals surface area contributed by atoms with Crippen LogP contribution >= 0.6 is 0 Å². The quantitative estimate of drug-likeness (QED) is 0.124. The Morgan fingerprint density at radius 2 is 0.745 bits per heavy atom. The van der Waals surface area contributed by atoms with E-state index in [1.165, 1.54) is 21.3 Å². The lowest BCUT2D eigenvalue weighted by Gasteiger charge is -2.45. The van der Waals surface area contributed by atoms with Crippen molar-refractivity contribution in [3.63, 3.8) is 0 Å². The van der Waals surface area contributed by atoms with Crippen LogP contribution in [0.3, 0.4) is 0 Å². The third-order valence-corrected chi connectivity index (χ3v) is 8.35. The first-order chi connectivity index (χ1) is 25.9. The SMILES string of the molecule is CO[C@H]1O[C@H](COC[C@H]2O[C@@H](OC)[C@H](OC(C)=O)[C@@H](OC(C)=O)[C@@H]2OC(C)=O)[C@@H](O)[C@H](OC[C@H]2O[C@@H](OC)[C@H](OC(C)=O)[C@@H](OC(C)=O)[C@@H]2OC(C)=O)[C@@H]1O. The molecule has 0 amide bonds. The van der Waals surface area contributed by atoms with Gasteiger partial charge in [0.25, 0.3) is 0 Å². The highest BCUT2D eigenvalue weighted by molar-refractivity contribution is 5.69. The van der Waals surface area contributed by atoms with Crippen molar-refractivity contribution in [1.82, 2.24) is 0 Å². The molecule has 0 aromatic carbocycles. The number of rotatable bonds is 16. The molecule has 0 spiro atoms. The Bertz CT molecular complexity index is 1330. The van der Waals surface area contributed by atoms with Gasteiger partial charge >= 0.3 is 35.8 Å². The maximum Gasteiger partial charge on any atom is 0.303 e. The van der Waals surface area contributed by atoms with E-state index in [4.69, 9.17) is 66.3 Å². The van der Waals surface area contributed by atoms with Crippen LogP contribution < -0.4 is 0 Å². The molecule has 2 N–H and O–H groups in total. The highest BCUT2D eigenvalue weighted by Gasteiger charge is 2.55. The van der Waals surface area contributed by atoms with Gasteiger partial charge in [0.1, 0.15) is 36.6 Å². The van der Waals surface area contributed by atoms with Gasteiger partial charge in [-0.15, -0.1) is 0 Å². The predicted molar refractivity (Wildman–Crippen MR) is 173 cm³/mol.